The van der Waals surface area contributed by atoms with Crippen LogP contribution in [0.5, 0.6) is 0 Å². The van der Waals surface area contributed by atoms with E-state index >= 15 is 0 Å². The molecule has 0 spiro atoms. The van der Waals surface area contributed by atoms with Gasteiger partial charge in [-0.3, -0.25) is 14.5 Å². The van der Waals surface area contributed by atoms with Crippen molar-refractivity contribution in [3.63, 3.8) is 0 Å². The summed E-state index contributed by atoms with van der Waals surface area (Å²) in [6, 6.07) is 0.182. The van der Waals surface area contributed by atoms with Gasteiger partial charge in [-0.1, -0.05) is 19.8 Å². The van der Waals surface area contributed by atoms with Gasteiger partial charge in [0.25, 0.3) is 0 Å². The predicted octanol–water partition coefficient (Wildman–Crippen LogP) is 2.51. The van der Waals surface area contributed by atoms with Crippen molar-refractivity contribution in [3.05, 3.63) is 0 Å². The lowest BCUT2D eigenvalue weighted by Gasteiger charge is -2.41. The summed E-state index contributed by atoms with van der Waals surface area (Å²) in [7, 11) is 0. The molecule has 4 nitrogen and oxygen atoms in total. The van der Waals surface area contributed by atoms with Crippen molar-refractivity contribution >= 4 is 11.7 Å². The molecule has 21 heavy (non-hydrogen) atoms. The Morgan fingerprint density at radius 3 is 2.81 bits per heavy atom. The van der Waals surface area contributed by atoms with Gasteiger partial charge in [-0.2, -0.15) is 0 Å². The summed E-state index contributed by atoms with van der Waals surface area (Å²) >= 11 is 0. The molecule has 0 bridgehead atoms. The molecule has 0 aromatic carbocycles. The number of hydrogen-bond acceptors (Lipinski definition) is 3. The van der Waals surface area contributed by atoms with Crippen molar-refractivity contribution in [2.24, 2.45) is 5.92 Å². The number of amides is 1. The minimum Gasteiger partial charge on any atom is -0.355 e. The Balaban J connectivity index is 1.97. The fourth-order valence-corrected chi connectivity index (χ4v) is 3.83. The number of Topliss-reactive ketones (excluding diaryl/α,β-unsaturated/α-hetero) is 1. The summed E-state index contributed by atoms with van der Waals surface area (Å²) in [5, 5.41) is 3.04. The molecule has 0 aromatic rings. The molecule has 2 rings (SSSR count). The molecule has 0 aromatic heterocycles. The molecule has 2 aliphatic rings. The highest BCUT2D eigenvalue weighted by Crippen LogP contribution is 2.33. The Morgan fingerprint density at radius 1 is 1.33 bits per heavy atom. The SMILES string of the molecule is CCCCNC(=O)C(C)N1CCCCC1C1CCCC1=O. The lowest BCUT2D eigenvalue weighted by atomic mass is 9.87. The van der Waals surface area contributed by atoms with Gasteiger partial charge in [-0.25, -0.2) is 0 Å². The van der Waals surface area contributed by atoms with Crippen LogP contribution >= 0.6 is 0 Å². The third-order valence-corrected chi connectivity index (χ3v) is 5.11. The van der Waals surface area contributed by atoms with Crippen molar-refractivity contribution in [3.8, 4) is 0 Å². The summed E-state index contributed by atoms with van der Waals surface area (Å²) < 4.78 is 0. The lowest BCUT2D eigenvalue weighted by Crippen LogP contribution is -2.54. The second-order valence-corrected chi connectivity index (χ2v) is 6.59. The highest BCUT2D eigenvalue weighted by molar-refractivity contribution is 5.84. The van der Waals surface area contributed by atoms with Gasteiger partial charge in [0.15, 0.2) is 0 Å². The number of hydrogen-bond donors (Lipinski definition) is 1. The molecule has 1 aliphatic heterocycles. The summed E-state index contributed by atoms with van der Waals surface area (Å²) in [4.78, 5) is 26.7. The van der Waals surface area contributed by atoms with E-state index in [0.29, 0.717) is 11.8 Å². The maximum Gasteiger partial charge on any atom is 0.237 e. The van der Waals surface area contributed by atoms with Crippen molar-refractivity contribution in [2.75, 3.05) is 13.1 Å². The van der Waals surface area contributed by atoms with Crippen LogP contribution in [-0.4, -0.2) is 41.8 Å². The molecule has 3 atom stereocenters. The van der Waals surface area contributed by atoms with Gasteiger partial charge >= 0.3 is 0 Å². The number of ketones is 1. The summed E-state index contributed by atoms with van der Waals surface area (Å²) in [6.07, 6.45) is 8.32. The van der Waals surface area contributed by atoms with Gasteiger partial charge in [-0.05, 0) is 45.6 Å². The van der Waals surface area contributed by atoms with Gasteiger partial charge in [-0.15, -0.1) is 0 Å². The maximum absolute atomic E-state index is 12.3. The van der Waals surface area contributed by atoms with E-state index in [2.05, 4.69) is 17.1 Å². The first kappa shape index (κ1) is 16.5. The van der Waals surface area contributed by atoms with E-state index in [0.717, 1.165) is 58.0 Å². The van der Waals surface area contributed by atoms with Gasteiger partial charge in [0.2, 0.25) is 5.91 Å². The highest BCUT2D eigenvalue weighted by Gasteiger charge is 2.39. The standard InChI is InChI=1S/C17H30N2O2/c1-3-4-11-18-17(21)13(2)19-12-6-5-9-15(19)14-8-7-10-16(14)20/h13-15H,3-12H2,1-2H3,(H,18,21). The number of likely N-dealkylation sites (tertiary alicyclic amines) is 1. The smallest absolute Gasteiger partial charge is 0.237 e. The second-order valence-electron chi connectivity index (χ2n) is 6.59. The Morgan fingerprint density at radius 2 is 2.14 bits per heavy atom. The molecule has 3 unspecified atom stereocenters. The first-order valence-corrected chi connectivity index (χ1v) is 8.71. The zero-order valence-electron chi connectivity index (χ0n) is 13.6. The first-order valence-electron chi connectivity index (χ1n) is 8.71. The number of nitrogens with zero attached hydrogens (tertiary/aromatic N) is 1. The molecule has 120 valence electrons. The van der Waals surface area contributed by atoms with Crippen molar-refractivity contribution < 1.29 is 9.59 Å². The van der Waals surface area contributed by atoms with E-state index in [1.807, 2.05) is 6.92 Å². The van der Waals surface area contributed by atoms with E-state index in [1.165, 1.54) is 6.42 Å². The fourth-order valence-electron chi connectivity index (χ4n) is 3.83. The Kier molecular flexibility index (Phi) is 6.22. The van der Waals surface area contributed by atoms with E-state index in [4.69, 9.17) is 0 Å². The number of nitrogens with one attached hydrogen (secondary N) is 1. The Labute approximate surface area is 128 Å². The largest absolute Gasteiger partial charge is 0.355 e. The number of carbonyl (C=O) groups is 2. The number of carbonyl (C=O) groups excluding carboxylic acids is 2. The van der Waals surface area contributed by atoms with Gasteiger partial charge in [0, 0.05) is 24.9 Å². The van der Waals surface area contributed by atoms with Crippen LogP contribution in [0.3, 0.4) is 0 Å². The van der Waals surface area contributed by atoms with Crippen molar-refractivity contribution in [1.29, 1.82) is 0 Å². The van der Waals surface area contributed by atoms with Crippen molar-refractivity contribution in [2.45, 2.75) is 77.3 Å². The molecule has 4 heteroatoms. The van der Waals surface area contributed by atoms with Crippen LogP contribution < -0.4 is 5.32 Å². The summed E-state index contributed by atoms with van der Waals surface area (Å²) in [6.45, 7) is 5.85. The van der Waals surface area contributed by atoms with Gasteiger partial charge < -0.3 is 5.32 Å². The zero-order valence-corrected chi connectivity index (χ0v) is 13.6. The topological polar surface area (TPSA) is 49.4 Å². The van der Waals surface area contributed by atoms with Crippen LogP contribution in [0.4, 0.5) is 0 Å². The number of unbranched alkanes of at least 4 members (excludes halogenated alkanes) is 1. The van der Waals surface area contributed by atoms with Gasteiger partial charge in [0.1, 0.15) is 5.78 Å². The maximum atomic E-state index is 12.3. The quantitative estimate of drug-likeness (QED) is 0.766. The molecule has 1 heterocycles. The van der Waals surface area contributed by atoms with Crippen LogP contribution in [0.25, 0.3) is 0 Å². The predicted molar refractivity (Wildman–Crippen MR) is 84.1 cm³/mol. The molecule has 2 fully saturated rings. The normalized spacial score (nSPS) is 28.6. The Bertz CT molecular complexity index is 370. The minimum atomic E-state index is -0.111. The third-order valence-electron chi connectivity index (χ3n) is 5.11. The molecular weight excluding hydrogens is 264 g/mol. The first-order chi connectivity index (χ1) is 10.1. The van der Waals surface area contributed by atoms with E-state index in [1.54, 1.807) is 0 Å². The summed E-state index contributed by atoms with van der Waals surface area (Å²) in [5.41, 5.74) is 0. The molecule has 1 N–H and O–H groups in total. The molecule has 1 aliphatic carbocycles. The van der Waals surface area contributed by atoms with Crippen LogP contribution in [0, 0.1) is 5.92 Å². The zero-order chi connectivity index (χ0) is 15.2. The van der Waals surface area contributed by atoms with Crippen LogP contribution in [0.2, 0.25) is 0 Å². The monoisotopic (exact) mass is 294 g/mol. The molecule has 1 amide bonds. The molecule has 0 radical (unpaired) electrons. The average molecular weight is 294 g/mol. The minimum absolute atomic E-state index is 0.111. The third kappa shape index (κ3) is 4.06. The Hall–Kier alpha value is -0.900. The molecular formula is C17H30N2O2. The number of piperidine rings is 1. The molecule has 1 saturated heterocycles. The summed E-state index contributed by atoms with van der Waals surface area (Å²) in [5.74, 6) is 0.725. The van der Waals surface area contributed by atoms with E-state index in [-0.39, 0.29) is 17.9 Å². The van der Waals surface area contributed by atoms with Crippen LogP contribution in [0.1, 0.15) is 65.2 Å². The van der Waals surface area contributed by atoms with Gasteiger partial charge in [0.05, 0.1) is 6.04 Å². The second kappa shape index (κ2) is 7.92. The van der Waals surface area contributed by atoms with Crippen molar-refractivity contribution in [1.82, 2.24) is 10.2 Å². The van der Waals surface area contributed by atoms with Crippen LogP contribution in [0.15, 0.2) is 0 Å². The van der Waals surface area contributed by atoms with E-state index in [9.17, 15) is 9.59 Å². The average Bonchev–Trinajstić information content (AvgIpc) is 2.92. The fraction of sp³-hybridized carbons (Fsp3) is 0.882. The van der Waals surface area contributed by atoms with Crippen LogP contribution in [-0.2, 0) is 9.59 Å². The number of rotatable bonds is 6. The lowest BCUT2D eigenvalue weighted by molar-refractivity contribution is -0.131. The molecule has 1 saturated carbocycles. The highest BCUT2D eigenvalue weighted by atomic mass is 16.2. The van der Waals surface area contributed by atoms with E-state index < -0.39 is 0 Å².